The summed E-state index contributed by atoms with van der Waals surface area (Å²) < 4.78 is 33.8. The highest BCUT2D eigenvalue weighted by Crippen LogP contribution is 2.30. The van der Waals surface area contributed by atoms with Gasteiger partial charge in [0, 0.05) is 48.7 Å². The number of benzene rings is 2. The molecule has 3 heterocycles. The maximum Gasteiger partial charge on any atom is 0.264 e. The number of sulfonamides is 1. The number of aliphatic hydroxyl groups is 1. The Hall–Kier alpha value is -3.83. The molecule has 1 aliphatic rings. The molecular weight excluding hydrogens is 494 g/mol. The van der Waals surface area contributed by atoms with Gasteiger partial charge in [-0.05, 0) is 63.1 Å². The minimum atomic E-state index is -3.92. The Labute approximate surface area is 214 Å². The average Bonchev–Trinajstić information content (AvgIpc) is 3.20. The molecule has 4 aromatic rings. The van der Waals surface area contributed by atoms with Crippen molar-refractivity contribution in [3.63, 3.8) is 0 Å². The SMILES string of the molecule is Cc1noc(C)c1CC1(O)CCN(C(=O)c2ccc(NS(=O)(=O)c3cccc4nccnc34)cc2)CC1. The molecule has 1 fully saturated rings. The van der Waals surface area contributed by atoms with Crippen molar-refractivity contribution in [2.45, 2.75) is 43.6 Å². The first kappa shape index (κ1) is 24.8. The van der Waals surface area contributed by atoms with Gasteiger partial charge in [0.1, 0.15) is 16.2 Å². The summed E-state index contributed by atoms with van der Waals surface area (Å²) in [4.78, 5) is 23.1. The molecule has 0 saturated carbocycles. The minimum absolute atomic E-state index is 0.0237. The van der Waals surface area contributed by atoms with Crippen LogP contribution in [0, 0.1) is 13.8 Å². The van der Waals surface area contributed by atoms with E-state index in [1.54, 1.807) is 41.3 Å². The monoisotopic (exact) mass is 521 g/mol. The first-order valence-corrected chi connectivity index (χ1v) is 13.4. The summed E-state index contributed by atoms with van der Waals surface area (Å²) in [6.45, 7) is 4.51. The summed E-state index contributed by atoms with van der Waals surface area (Å²) in [5, 5.41) is 15.0. The van der Waals surface area contributed by atoms with E-state index in [4.69, 9.17) is 4.52 Å². The lowest BCUT2D eigenvalue weighted by atomic mass is 9.84. The molecule has 0 radical (unpaired) electrons. The van der Waals surface area contributed by atoms with Crippen LogP contribution in [0.2, 0.25) is 0 Å². The fraction of sp³-hybridized carbons (Fsp3) is 0.308. The Balaban J connectivity index is 1.24. The highest BCUT2D eigenvalue weighted by atomic mass is 32.2. The molecule has 2 aromatic carbocycles. The minimum Gasteiger partial charge on any atom is -0.389 e. The maximum absolute atomic E-state index is 13.1. The largest absolute Gasteiger partial charge is 0.389 e. The number of carbonyl (C=O) groups excluding carboxylic acids is 1. The van der Waals surface area contributed by atoms with Crippen LogP contribution in [0.15, 0.2) is 64.3 Å². The lowest BCUT2D eigenvalue weighted by molar-refractivity contribution is -0.0165. The van der Waals surface area contributed by atoms with Gasteiger partial charge in [0.05, 0.1) is 16.8 Å². The van der Waals surface area contributed by atoms with Gasteiger partial charge in [0.25, 0.3) is 15.9 Å². The zero-order valence-electron chi connectivity index (χ0n) is 20.5. The normalized spacial score (nSPS) is 15.6. The first-order valence-electron chi connectivity index (χ1n) is 11.9. The number of para-hydroxylation sites is 1. The van der Waals surface area contributed by atoms with Crippen LogP contribution in [0.25, 0.3) is 11.0 Å². The van der Waals surface area contributed by atoms with Crippen LogP contribution >= 0.6 is 0 Å². The number of nitrogens with zero attached hydrogens (tertiary/aromatic N) is 4. The number of nitrogens with one attached hydrogen (secondary N) is 1. The topological polar surface area (TPSA) is 139 Å². The second kappa shape index (κ2) is 9.56. The second-order valence-electron chi connectivity index (χ2n) is 9.36. The molecule has 2 aromatic heterocycles. The summed E-state index contributed by atoms with van der Waals surface area (Å²) in [7, 11) is -3.92. The van der Waals surface area contributed by atoms with E-state index in [-0.39, 0.29) is 16.3 Å². The molecule has 0 atom stereocenters. The number of carbonyl (C=O) groups is 1. The lowest BCUT2D eigenvalue weighted by Crippen LogP contribution is -2.47. The zero-order chi connectivity index (χ0) is 26.2. The van der Waals surface area contributed by atoms with Gasteiger partial charge in [0.2, 0.25) is 0 Å². The Morgan fingerprint density at radius 3 is 2.46 bits per heavy atom. The Bertz CT molecular complexity index is 1530. The molecule has 2 N–H and O–H groups in total. The summed E-state index contributed by atoms with van der Waals surface area (Å²) in [6, 6.07) is 11.1. The standard InChI is InChI=1S/C26H27N5O5S/c1-17-21(18(2)36-29-17)16-26(33)10-14-31(15-11-26)25(32)19-6-8-20(9-7-19)30-37(34,35)23-5-3-4-22-24(23)28-13-12-27-22/h3-9,12-13,30,33H,10-11,14-16H2,1-2H3. The van der Waals surface area contributed by atoms with Crippen molar-refractivity contribution in [1.29, 1.82) is 0 Å². The Morgan fingerprint density at radius 2 is 1.78 bits per heavy atom. The van der Waals surface area contributed by atoms with Gasteiger partial charge in [0.15, 0.2) is 0 Å². The van der Waals surface area contributed by atoms with E-state index < -0.39 is 15.6 Å². The van der Waals surface area contributed by atoms with Crippen LogP contribution in [0.5, 0.6) is 0 Å². The van der Waals surface area contributed by atoms with Gasteiger partial charge in [-0.3, -0.25) is 19.5 Å². The van der Waals surface area contributed by atoms with Crippen molar-refractivity contribution in [3.8, 4) is 0 Å². The van der Waals surface area contributed by atoms with E-state index in [2.05, 4.69) is 19.8 Å². The zero-order valence-corrected chi connectivity index (χ0v) is 21.3. The molecule has 1 aliphatic heterocycles. The third-order valence-electron chi connectivity index (χ3n) is 6.80. The number of aromatic nitrogens is 3. The van der Waals surface area contributed by atoms with Gasteiger partial charge in [-0.1, -0.05) is 11.2 Å². The predicted octanol–water partition coefficient (Wildman–Crippen LogP) is 3.25. The average molecular weight is 522 g/mol. The van der Waals surface area contributed by atoms with E-state index in [0.29, 0.717) is 54.9 Å². The quantitative estimate of drug-likeness (QED) is 0.394. The fourth-order valence-corrected chi connectivity index (χ4v) is 5.87. The molecule has 1 amide bonds. The fourth-order valence-electron chi connectivity index (χ4n) is 4.64. The highest BCUT2D eigenvalue weighted by Gasteiger charge is 2.35. The molecule has 0 bridgehead atoms. The van der Waals surface area contributed by atoms with Crippen molar-refractivity contribution in [1.82, 2.24) is 20.0 Å². The van der Waals surface area contributed by atoms with E-state index >= 15 is 0 Å². The molecule has 10 nitrogen and oxygen atoms in total. The number of piperidine rings is 1. The summed E-state index contributed by atoms with van der Waals surface area (Å²) in [5.41, 5.74) is 2.28. The van der Waals surface area contributed by atoms with Gasteiger partial charge in [-0.25, -0.2) is 8.42 Å². The molecule has 0 aliphatic carbocycles. The predicted molar refractivity (Wildman–Crippen MR) is 137 cm³/mol. The highest BCUT2D eigenvalue weighted by molar-refractivity contribution is 7.93. The van der Waals surface area contributed by atoms with Gasteiger partial charge >= 0.3 is 0 Å². The molecule has 0 spiro atoms. The molecule has 0 unspecified atom stereocenters. The third kappa shape index (κ3) is 5.05. The van der Waals surface area contributed by atoms with E-state index in [1.807, 2.05) is 13.8 Å². The number of hydrogen-bond donors (Lipinski definition) is 2. The number of fused-ring (bicyclic) bond motifs is 1. The van der Waals surface area contributed by atoms with Crippen molar-refractivity contribution < 1.29 is 22.8 Å². The van der Waals surface area contributed by atoms with Crippen LogP contribution in [0.3, 0.4) is 0 Å². The number of anilines is 1. The van der Waals surface area contributed by atoms with Crippen LogP contribution < -0.4 is 4.72 Å². The molecule has 37 heavy (non-hydrogen) atoms. The van der Waals surface area contributed by atoms with E-state index in [0.717, 1.165) is 11.3 Å². The molecule has 192 valence electrons. The number of likely N-dealkylation sites (tertiary alicyclic amines) is 1. The molecular formula is C26H27N5O5S. The van der Waals surface area contributed by atoms with Crippen LogP contribution in [-0.4, -0.2) is 58.1 Å². The van der Waals surface area contributed by atoms with E-state index in [1.165, 1.54) is 18.5 Å². The molecule has 5 rings (SSSR count). The maximum atomic E-state index is 13.1. The first-order chi connectivity index (χ1) is 17.7. The van der Waals surface area contributed by atoms with Gasteiger partial charge < -0.3 is 14.5 Å². The smallest absolute Gasteiger partial charge is 0.264 e. The van der Waals surface area contributed by atoms with Crippen LogP contribution in [0.4, 0.5) is 5.69 Å². The number of hydrogen-bond acceptors (Lipinski definition) is 8. The van der Waals surface area contributed by atoms with Crippen molar-refractivity contribution in [2.24, 2.45) is 0 Å². The van der Waals surface area contributed by atoms with Gasteiger partial charge in [-0.15, -0.1) is 0 Å². The summed E-state index contributed by atoms with van der Waals surface area (Å²) in [5.74, 6) is 0.534. The van der Waals surface area contributed by atoms with Crippen molar-refractivity contribution in [2.75, 3.05) is 17.8 Å². The summed E-state index contributed by atoms with van der Waals surface area (Å²) in [6.07, 6.45) is 4.26. The van der Waals surface area contributed by atoms with Crippen molar-refractivity contribution in [3.05, 3.63) is 77.4 Å². The number of aryl methyl sites for hydroxylation is 2. The summed E-state index contributed by atoms with van der Waals surface area (Å²) >= 11 is 0. The van der Waals surface area contributed by atoms with E-state index in [9.17, 15) is 18.3 Å². The van der Waals surface area contributed by atoms with Gasteiger partial charge in [-0.2, -0.15) is 0 Å². The second-order valence-corrected chi connectivity index (χ2v) is 11.0. The van der Waals surface area contributed by atoms with Crippen LogP contribution in [0.1, 0.15) is 40.2 Å². The number of amides is 1. The Morgan fingerprint density at radius 1 is 1.08 bits per heavy atom. The number of rotatable bonds is 6. The molecule has 11 heteroatoms. The third-order valence-corrected chi connectivity index (χ3v) is 8.22. The van der Waals surface area contributed by atoms with Crippen molar-refractivity contribution >= 4 is 32.7 Å². The Kier molecular flexibility index (Phi) is 6.42. The van der Waals surface area contributed by atoms with Crippen LogP contribution in [-0.2, 0) is 16.4 Å². The molecule has 1 saturated heterocycles. The lowest BCUT2D eigenvalue weighted by Gasteiger charge is -2.38.